The first-order chi connectivity index (χ1) is 11.2. The number of hydrogen-bond acceptors (Lipinski definition) is 3. The molecule has 0 bridgehead atoms. The van der Waals surface area contributed by atoms with Gasteiger partial charge in [-0.1, -0.05) is 36.4 Å². The molecule has 5 heteroatoms. The van der Waals surface area contributed by atoms with Crippen molar-refractivity contribution in [1.29, 1.82) is 0 Å². The minimum Gasteiger partial charge on any atom is -0.352 e. The Balaban J connectivity index is 1.72. The van der Waals surface area contributed by atoms with Crippen LogP contribution in [0.3, 0.4) is 0 Å². The summed E-state index contributed by atoms with van der Waals surface area (Å²) >= 11 is 1.51. The zero-order chi connectivity index (χ0) is 16.1. The molecule has 0 radical (unpaired) electrons. The van der Waals surface area contributed by atoms with E-state index in [1.165, 1.54) is 17.4 Å². The van der Waals surface area contributed by atoms with Gasteiger partial charge in [-0.05, 0) is 23.3 Å². The first-order valence-corrected chi connectivity index (χ1v) is 8.18. The van der Waals surface area contributed by atoms with Crippen LogP contribution in [0, 0.1) is 5.82 Å². The van der Waals surface area contributed by atoms with Gasteiger partial charge in [-0.3, -0.25) is 4.79 Å². The number of nitrogens with zero attached hydrogens (tertiary/aromatic N) is 1. The lowest BCUT2D eigenvalue weighted by Crippen LogP contribution is -2.26. The lowest BCUT2D eigenvalue weighted by atomic mass is 10.0. The second-order valence-electron chi connectivity index (χ2n) is 5.05. The number of amides is 1. The average Bonchev–Trinajstić information content (AvgIpc) is 3.09. The summed E-state index contributed by atoms with van der Waals surface area (Å²) in [5.41, 5.74) is 4.50. The molecule has 1 amide bonds. The Morgan fingerprint density at radius 3 is 2.70 bits per heavy atom. The Hall–Kier alpha value is -2.53. The van der Waals surface area contributed by atoms with E-state index in [9.17, 15) is 9.18 Å². The fourth-order valence-corrected chi connectivity index (χ4v) is 2.86. The molecule has 0 saturated carbocycles. The quantitative estimate of drug-likeness (QED) is 0.772. The number of halogens is 1. The summed E-state index contributed by atoms with van der Waals surface area (Å²) < 4.78 is 14.0. The van der Waals surface area contributed by atoms with Crippen LogP contribution in [0.1, 0.15) is 16.1 Å². The van der Waals surface area contributed by atoms with Crippen molar-refractivity contribution in [2.75, 3.05) is 6.54 Å². The molecule has 1 aromatic heterocycles. The molecule has 2 aromatic carbocycles. The van der Waals surface area contributed by atoms with Crippen molar-refractivity contribution in [1.82, 2.24) is 10.3 Å². The molecule has 3 nitrogen and oxygen atoms in total. The Labute approximate surface area is 137 Å². The molecule has 0 saturated heterocycles. The van der Waals surface area contributed by atoms with Gasteiger partial charge in [0.1, 0.15) is 5.82 Å². The molecule has 3 rings (SSSR count). The largest absolute Gasteiger partial charge is 0.352 e. The van der Waals surface area contributed by atoms with Crippen molar-refractivity contribution in [3.05, 3.63) is 76.5 Å². The normalized spacial score (nSPS) is 10.5. The maximum Gasteiger partial charge on any atom is 0.254 e. The Kier molecular flexibility index (Phi) is 4.78. The van der Waals surface area contributed by atoms with Gasteiger partial charge in [-0.25, -0.2) is 9.37 Å². The molecule has 0 spiro atoms. The van der Waals surface area contributed by atoms with Gasteiger partial charge >= 0.3 is 0 Å². The van der Waals surface area contributed by atoms with Crippen molar-refractivity contribution in [2.24, 2.45) is 0 Å². The minimum atomic E-state index is -0.518. The van der Waals surface area contributed by atoms with E-state index in [1.54, 1.807) is 17.6 Å². The number of aromatic nitrogens is 1. The highest BCUT2D eigenvalue weighted by atomic mass is 32.1. The topological polar surface area (TPSA) is 42.0 Å². The van der Waals surface area contributed by atoms with E-state index in [2.05, 4.69) is 10.3 Å². The van der Waals surface area contributed by atoms with Crippen LogP contribution in [-0.4, -0.2) is 17.4 Å². The number of thiazole rings is 1. The van der Waals surface area contributed by atoms with Crippen LogP contribution in [0.2, 0.25) is 0 Å². The third kappa shape index (κ3) is 3.81. The van der Waals surface area contributed by atoms with Gasteiger partial charge in [-0.15, -0.1) is 11.3 Å². The summed E-state index contributed by atoms with van der Waals surface area (Å²) in [5, 5.41) is 4.68. The van der Waals surface area contributed by atoms with Crippen molar-refractivity contribution in [2.45, 2.75) is 6.42 Å². The van der Waals surface area contributed by atoms with E-state index in [0.717, 1.165) is 16.8 Å². The SMILES string of the molecule is O=C(NCCc1cscn1)c1cc(-c2ccccc2)ccc1F. The smallest absolute Gasteiger partial charge is 0.254 e. The Morgan fingerprint density at radius 2 is 1.96 bits per heavy atom. The summed E-state index contributed by atoms with van der Waals surface area (Å²) in [6.45, 7) is 0.428. The van der Waals surface area contributed by atoms with Gasteiger partial charge < -0.3 is 5.32 Å². The summed E-state index contributed by atoms with van der Waals surface area (Å²) in [5.74, 6) is -0.925. The van der Waals surface area contributed by atoms with Crippen LogP contribution in [0.5, 0.6) is 0 Å². The Morgan fingerprint density at radius 1 is 1.13 bits per heavy atom. The number of carbonyl (C=O) groups is 1. The van der Waals surface area contributed by atoms with E-state index in [0.29, 0.717) is 13.0 Å². The highest BCUT2D eigenvalue weighted by molar-refractivity contribution is 7.07. The summed E-state index contributed by atoms with van der Waals surface area (Å²) in [4.78, 5) is 16.4. The second-order valence-corrected chi connectivity index (χ2v) is 5.77. The van der Waals surface area contributed by atoms with E-state index < -0.39 is 11.7 Å². The fraction of sp³-hybridized carbons (Fsp3) is 0.111. The third-order valence-electron chi connectivity index (χ3n) is 3.47. The fourth-order valence-electron chi connectivity index (χ4n) is 2.27. The van der Waals surface area contributed by atoms with Crippen LogP contribution in [0.15, 0.2) is 59.4 Å². The number of hydrogen-bond donors (Lipinski definition) is 1. The van der Waals surface area contributed by atoms with Gasteiger partial charge in [0.05, 0.1) is 16.8 Å². The molecule has 1 N–H and O–H groups in total. The highest BCUT2D eigenvalue weighted by Crippen LogP contribution is 2.21. The lowest BCUT2D eigenvalue weighted by Gasteiger charge is -2.08. The third-order valence-corrected chi connectivity index (χ3v) is 4.10. The number of benzene rings is 2. The van der Waals surface area contributed by atoms with Crippen LogP contribution in [0.4, 0.5) is 4.39 Å². The zero-order valence-corrected chi connectivity index (χ0v) is 13.1. The van der Waals surface area contributed by atoms with E-state index in [4.69, 9.17) is 0 Å². The molecule has 1 heterocycles. The lowest BCUT2D eigenvalue weighted by molar-refractivity contribution is 0.0950. The monoisotopic (exact) mass is 326 g/mol. The van der Waals surface area contributed by atoms with E-state index in [1.807, 2.05) is 35.7 Å². The molecule has 0 fully saturated rings. The van der Waals surface area contributed by atoms with Crippen LogP contribution in [-0.2, 0) is 6.42 Å². The van der Waals surface area contributed by atoms with Gasteiger partial charge in [0, 0.05) is 18.3 Å². The molecule has 23 heavy (non-hydrogen) atoms. The first kappa shape index (κ1) is 15.4. The minimum absolute atomic E-state index is 0.0598. The van der Waals surface area contributed by atoms with Crippen molar-refractivity contribution in [3.8, 4) is 11.1 Å². The Bertz CT molecular complexity index is 788. The number of nitrogens with one attached hydrogen (secondary N) is 1. The first-order valence-electron chi connectivity index (χ1n) is 7.24. The van der Waals surface area contributed by atoms with E-state index in [-0.39, 0.29) is 5.56 Å². The van der Waals surface area contributed by atoms with Gasteiger partial charge in [0.2, 0.25) is 0 Å². The maximum atomic E-state index is 14.0. The maximum absolute atomic E-state index is 14.0. The predicted molar refractivity (Wildman–Crippen MR) is 90.0 cm³/mol. The van der Waals surface area contributed by atoms with Crippen LogP contribution in [0.25, 0.3) is 11.1 Å². The molecule has 0 unspecified atom stereocenters. The molecular formula is C18H15FN2OS. The van der Waals surface area contributed by atoms with Crippen LogP contribution >= 0.6 is 11.3 Å². The summed E-state index contributed by atoms with van der Waals surface area (Å²) in [6.07, 6.45) is 0.634. The molecule has 116 valence electrons. The zero-order valence-electron chi connectivity index (χ0n) is 12.3. The van der Waals surface area contributed by atoms with Gasteiger partial charge in [0.15, 0.2) is 0 Å². The highest BCUT2D eigenvalue weighted by Gasteiger charge is 2.13. The molecule has 3 aromatic rings. The summed E-state index contributed by atoms with van der Waals surface area (Å²) in [6, 6.07) is 14.2. The predicted octanol–water partition coefficient (Wildman–Crippen LogP) is 3.92. The van der Waals surface area contributed by atoms with E-state index >= 15 is 0 Å². The van der Waals surface area contributed by atoms with Crippen molar-refractivity contribution < 1.29 is 9.18 Å². The van der Waals surface area contributed by atoms with Gasteiger partial charge in [0.25, 0.3) is 5.91 Å². The second kappa shape index (κ2) is 7.15. The number of rotatable bonds is 5. The molecular weight excluding hydrogens is 311 g/mol. The average molecular weight is 326 g/mol. The standard InChI is InChI=1S/C18H15FN2OS/c19-17-7-6-14(13-4-2-1-3-5-13)10-16(17)18(22)20-9-8-15-11-23-12-21-15/h1-7,10-12H,8-9H2,(H,20,22). The molecule has 0 aliphatic carbocycles. The van der Waals surface area contributed by atoms with Gasteiger partial charge in [-0.2, -0.15) is 0 Å². The van der Waals surface area contributed by atoms with Crippen LogP contribution < -0.4 is 5.32 Å². The number of carbonyl (C=O) groups excluding carboxylic acids is 1. The summed E-state index contributed by atoms with van der Waals surface area (Å²) in [7, 11) is 0. The molecule has 0 aliphatic heterocycles. The van der Waals surface area contributed by atoms with Crippen molar-refractivity contribution >= 4 is 17.2 Å². The molecule has 0 atom stereocenters. The van der Waals surface area contributed by atoms with Crippen molar-refractivity contribution in [3.63, 3.8) is 0 Å². The molecule has 0 aliphatic rings.